The minimum Gasteiger partial charge on any atom is -0.395 e. The summed E-state index contributed by atoms with van der Waals surface area (Å²) in [6, 6.07) is 0.0291. The molecule has 0 aliphatic rings. The van der Waals surface area contributed by atoms with Crippen LogP contribution in [0.25, 0.3) is 0 Å². The van der Waals surface area contributed by atoms with E-state index >= 15 is 0 Å². The molecule has 0 aromatic heterocycles. The molecule has 3 N–H and O–H groups in total. The van der Waals surface area contributed by atoms with E-state index < -0.39 is 10.1 Å². The van der Waals surface area contributed by atoms with Crippen molar-refractivity contribution in [3.8, 4) is 0 Å². The van der Waals surface area contributed by atoms with Crippen molar-refractivity contribution < 1.29 is 18.1 Å². The normalized spacial score (nSPS) is 14.2. The van der Waals surface area contributed by atoms with Gasteiger partial charge in [0.1, 0.15) is 0 Å². The molecule has 14 heavy (non-hydrogen) atoms. The lowest BCUT2D eigenvalue weighted by atomic mass is 10.2. The van der Waals surface area contributed by atoms with Gasteiger partial charge in [-0.1, -0.05) is 13.3 Å². The van der Waals surface area contributed by atoms with Gasteiger partial charge in [-0.15, -0.1) is 0 Å². The summed E-state index contributed by atoms with van der Waals surface area (Å²) in [4.78, 5) is 0. The Hall–Kier alpha value is -0.170. The minimum absolute atomic E-state index is 0.0291. The first-order valence-corrected chi connectivity index (χ1v) is 6.40. The van der Waals surface area contributed by atoms with Gasteiger partial charge in [0.15, 0.2) is 0 Å². The standard InChI is InChI=1S/C8H19NO4S/c1-2-4-8(7-10)9-5-3-6-14(11,12)13/h8-10H,2-7H2,1H3,(H,11,12,13)/t8-/m1/s1. The molecule has 0 saturated carbocycles. The lowest BCUT2D eigenvalue weighted by Gasteiger charge is -2.14. The fourth-order valence-electron chi connectivity index (χ4n) is 1.17. The quantitative estimate of drug-likeness (QED) is 0.400. The van der Waals surface area contributed by atoms with E-state index in [1.54, 1.807) is 0 Å². The predicted molar refractivity (Wildman–Crippen MR) is 54.8 cm³/mol. The van der Waals surface area contributed by atoms with Gasteiger partial charge < -0.3 is 10.4 Å². The van der Waals surface area contributed by atoms with Gasteiger partial charge in [-0.2, -0.15) is 8.42 Å². The van der Waals surface area contributed by atoms with Crippen LogP contribution in [0.1, 0.15) is 26.2 Å². The maximum atomic E-state index is 10.3. The molecule has 1 atom stereocenters. The highest BCUT2D eigenvalue weighted by molar-refractivity contribution is 7.85. The lowest BCUT2D eigenvalue weighted by molar-refractivity contribution is 0.235. The van der Waals surface area contributed by atoms with Crippen molar-refractivity contribution in [2.45, 2.75) is 32.2 Å². The van der Waals surface area contributed by atoms with Crippen molar-refractivity contribution in [2.75, 3.05) is 18.9 Å². The predicted octanol–water partition coefficient (Wildman–Crippen LogP) is 0.0149. The van der Waals surface area contributed by atoms with Gasteiger partial charge in [0.2, 0.25) is 0 Å². The molecule has 0 aromatic carbocycles. The third-order valence-electron chi connectivity index (χ3n) is 1.87. The van der Waals surface area contributed by atoms with Gasteiger partial charge in [0.25, 0.3) is 10.1 Å². The Balaban J connectivity index is 3.52. The molecule has 0 unspecified atom stereocenters. The molecule has 0 aromatic rings. The summed E-state index contributed by atoms with van der Waals surface area (Å²) in [5.41, 5.74) is 0. The molecule has 0 fully saturated rings. The van der Waals surface area contributed by atoms with Crippen LogP contribution in [0.3, 0.4) is 0 Å². The van der Waals surface area contributed by atoms with Gasteiger partial charge in [-0.3, -0.25) is 4.55 Å². The maximum absolute atomic E-state index is 10.3. The highest BCUT2D eigenvalue weighted by Gasteiger charge is 2.06. The van der Waals surface area contributed by atoms with E-state index in [1.165, 1.54) is 0 Å². The maximum Gasteiger partial charge on any atom is 0.264 e. The Kier molecular flexibility index (Phi) is 7.08. The van der Waals surface area contributed by atoms with Crippen LogP contribution in [0.4, 0.5) is 0 Å². The van der Waals surface area contributed by atoms with Crippen LogP contribution in [0.2, 0.25) is 0 Å². The number of hydrogen-bond donors (Lipinski definition) is 3. The summed E-state index contributed by atoms with van der Waals surface area (Å²) >= 11 is 0. The Bertz CT molecular complexity index is 227. The lowest BCUT2D eigenvalue weighted by Crippen LogP contribution is -2.33. The summed E-state index contributed by atoms with van der Waals surface area (Å²) in [5, 5.41) is 11.9. The van der Waals surface area contributed by atoms with Crippen LogP contribution in [0, 0.1) is 0 Å². The van der Waals surface area contributed by atoms with Crippen molar-refractivity contribution in [2.24, 2.45) is 0 Å². The van der Waals surface area contributed by atoms with E-state index in [0.29, 0.717) is 13.0 Å². The third kappa shape index (κ3) is 8.43. The first-order valence-electron chi connectivity index (χ1n) is 4.79. The molecule has 86 valence electrons. The van der Waals surface area contributed by atoms with Gasteiger partial charge in [-0.25, -0.2) is 0 Å². The molecule has 0 amide bonds. The summed E-state index contributed by atoms with van der Waals surface area (Å²) in [6.45, 7) is 2.56. The second-order valence-electron chi connectivity index (χ2n) is 3.26. The largest absolute Gasteiger partial charge is 0.395 e. The molecule has 0 spiro atoms. The number of aliphatic hydroxyl groups excluding tert-OH is 1. The monoisotopic (exact) mass is 225 g/mol. The first kappa shape index (κ1) is 13.8. The zero-order chi connectivity index (χ0) is 11.0. The molecule has 0 aliphatic heterocycles. The van der Waals surface area contributed by atoms with Crippen molar-refractivity contribution >= 4 is 10.1 Å². The highest BCUT2D eigenvalue weighted by atomic mass is 32.2. The van der Waals surface area contributed by atoms with Crippen molar-refractivity contribution in [1.29, 1.82) is 0 Å². The van der Waals surface area contributed by atoms with Crippen LogP contribution in [-0.4, -0.2) is 43.0 Å². The Labute approximate surface area is 85.3 Å². The van der Waals surface area contributed by atoms with E-state index in [4.69, 9.17) is 9.66 Å². The number of rotatable bonds is 8. The highest BCUT2D eigenvalue weighted by Crippen LogP contribution is 1.95. The van der Waals surface area contributed by atoms with Crippen LogP contribution in [-0.2, 0) is 10.1 Å². The van der Waals surface area contributed by atoms with Gasteiger partial charge in [0.05, 0.1) is 12.4 Å². The van der Waals surface area contributed by atoms with E-state index in [-0.39, 0.29) is 18.4 Å². The molecule has 0 rings (SSSR count). The SMILES string of the molecule is CCC[C@H](CO)NCCCS(=O)(=O)O. The second kappa shape index (κ2) is 7.17. The number of hydrogen-bond acceptors (Lipinski definition) is 4. The molecule has 0 saturated heterocycles. The van der Waals surface area contributed by atoms with Crippen molar-refractivity contribution in [3.63, 3.8) is 0 Å². The molecule has 0 aliphatic carbocycles. The fourth-order valence-corrected chi connectivity index (χ4v) is 1.68. The molecule has 5 nitrogen and oxygen atoms in total. The van der Waals surface area contributed by atoms with Crippen LogP contribution < -0.4 is 5.32 Å². The first-order chi connectivity index (χ1) is 6.49. The minimum atomic E-state index is -3.84. The fraction of sp³-hybridized carbons (Fsp3) is 1.00. The molecular formula is C8H19NO4S. The molecule has 0 heterocycles. The van der Waals surface area contributed by atoms with Crippen molar-refractivity contribution in [1.82, 2.24) is 5.32 Å². The van der Waals surface area contributed by atoms with Crippen LogP contribution in [0.15, 0.2) is 0 Å². The zero-order valence-corrected chi connectivity index (χ0v) is 9.26. The molecular weight excluding hydrogens is 206 g/mol. The van der Waals surface area contributed by atoms with Gasteiger partial charge in [0, 0.05) is 6.04 Å². The average Bonchev–Trinajstić information content (AvgIpc) is 2.08. The third-order valence-corrected chi connectivity index (χ3v) is 2.67. The van der Waals surface area contributed by atoms with E-state index in [9.17, 15) is 8.42 Å². The zero-order valence-electron chi connectivity index (χ0n) is 8.44. The summed E-state index contributed by atoms with van der Waals surface area (Å²) in [7, 11) is -3.84. The van der Waals surface area contributed by atoms with E-state index in [1.807, 2.05) is 6.92 Å². The van der Waals surface area contributed by atoms with Gasteiger partial charge in [-0.05, 0) is 19.4 Å². The number of aliphatic hydroxyl groups is 1. The summed E-state index contributed by atoms with van der Waals surface area (Å²) in [5.74, 6) is -0.232. The van der Waals surface area contributed by atoms with E-state index in [0.717, 1.165) is 12.8 Å². The summed E-state index contributed by atoms with van der Waals surface area (Å²) < 4.78 is 29.1. The van der Waals surface area contributed by atoms with Crippen LogP contribution >= 0.6 is 0 Å². The number of nitrogens with one attached hydrogen (secondary N) is 1. The molecule has 0 radical (unpaired) electrons. The topological polar surface area (TPSA) is 86.6 Å². The van der Waals surface area contributed by atoms with Crippen LogP contribution in [0.5, 0.6) is 0 Å². The Morgan fingerprint density at radius 2 is 2.07 bits per heavy atom. The Morgan fingerprint density at radius 3 is 2.50 bits per heavy atom. The Morgan fingerprint density at radius 1 is 1.43 bits per heavy atom. The smallest absolute Gasteiger partial charge is 0.264 e. The van der Waals surface area contributed by atoms with E-state index in [2.05, 4.69) is 5.32 Å². The summed E-state index contributed by atoms with van der Waals surface area (Å²) in [6.07, 6.45) is 2.19. The average molecular weight is 225 g/mol. The molecule has 0 bridgehead atoms. The second-order valence-corrected chi connectivity index (χ2v) is 4.83. The molecule has 6 heteroatoms. The van der Waals surface area contributed by atoms with Gasteiger partial charge >= 0.3 is 0 Å². The van der Waals surface area contributed by atoms with Crippen molar-refractivity contribution in [3.05, 3.63) is 0 Å².